The number of amides is 2. The van der Waals surface area contributed by atoms with Crippen molar-refractivity contribution in [3.63, 3.8) is 0 Å². The van der Waals surface area contributed by atoms with Crippen LogP contribution >= 0.6 is 22.6 Å². The molecular formula is C31H35BINO7. The van der Waals surface area contributed by atoms with Crippen molar-refractivity contribution < 1.29 is 34.2 Å². The molecule has 1 aliphatic carbocycles. The van der Waals surface area contributed by atoms with E-state index in [9.17, 15) is 24.7 Å². The van der Waals surface area contributed by atoms with Crippen LogP contribution in [0.15, 0.2) is 53.1 Å². The molecule has 8 nitrogen and oxygen atoms in total. The van der Waals surface area contributed by atoms with Gasteiger partial charge in [-0.3, -0.25) is 14.5 Å². The van der Waals surface area contributed by atoms with Crippen molar-refractivity contribution in [1.82, 2.24) is 0 Å². The third kappa shape index (κ3) is 5.71. The number of anilines is 1. The van der Waals surface area contributed by atoms with E-state index in [1.165, 1.54) is 29.2 Å². The molecule has 3 aliphatic rings. The fourth-order valence-electron chi connectivity index (χ4n) is 6.64. The second kappa shape index (κ2) is 12.3. The van der Waals surface area contributed by atoms with Gasteiger partial charge in [-0.15, -0.1) is 0 Å². The first kappa shape index (κ1) is 29.8. The number of fused-ring (bicyclic) bond motifs is 3. The molecule has 2 fully saturated rings. The highest BCUT2D eigenvalue weighted by Crippen LogP contribution is 2.51. The number of ether oxygens (including phenoxy) is 2. The van der Waals surface area contributed by atoms with E-state index < -0.39 is 19.0 Å². The minimum atomic E-state index is -1.68. The van der Waals surface area contributed by atoms with E-state index in [-0.39, 0.29) is 35.0 Å². The summed E-state index contributed by atoms with van der Waals surface area (Å²) in [6.45, 7) is 4.61. The molecule has 0 spiro atoms. The molecule has 0 unspecified atom stereocenters. The van der Waals surface area contributed by atoms with Crippen molar-refractivity contribution in [3.05, 3.63) is 62.3 Å². The quantitative estimate of drug-likeness (QED) is 0.159. The molecule has 41 heavy (non-hydrogen) atoms. The number of hydrogen-bond donors (Lipinski definition) is 3. The number of carbonyl (C=O) groups excluding carboxylic acids is 2. The van der Waals surface area contributed by atoms with Crippen molar-refractivity contribution in [3.8, 4) is 11.5 Å². The van der Waals surface area contributed by atoms with Crippen molar-refractivity contribution in [1.29, 1.82) is 0 Å². The Morgan fingerprint density at radius 3 is 2.68 bits per heavy atom. The van der Waals surface area contributed by atoms with Crippen LogP contribution in [0.1, 0.15) is 51.5 Å². The molecule has 0 saturated carbocycles. The van der Waals surface area contributed by atoms with E-state index in [0.717, 1.165) is 40.4 Å². The second-order valence-corrected chi connectivity index (χ2v) is 12.3. The monoisotopic (exact) mass is 671 g/mol. The molecule has 2 heterocycles. The van der Waals surface area contributed by atoms with Crippen LogP contribution in [-0.4, -0.2) is 53.9 Å². The summed E-state index contributed by atoms with van der Waals surface area (Å²) in [5.41, 5.74) is 5.15. The molecule has 4 atom stereocenters. The molecule has 3 N–H and O–H groups in total. The topological polar surface area (TPSA) is 117 Å². The van der Waals surface area contributed by atoms with Gasteiger partial charge in [-0.25, -0.2) is 0 Å². The van der Waals surface area contributed by atoms with Gasteiger partial charge in [0, 0.05) is 5.92 Å². The molecule has 2 saturated heterocycles. The van der Waals surface area contributed by atoms with Crippen LogP contribution in [0.25, 0.3) is 6.08 Å². The number of hydrogen-bond acceptors (Lipinski definition) is 7. The molecular weight excluding hydrogens is 636 g/mol. The molecule has 0 aromatic heterocycles. The lowest BCUT2D eigenvalue weighted by Crippen LogP contribution is -2.35. The summed E-state index contributed by atoms with van der Waals surface area (Å²) in [6, 6.07) is 10.1. The average Bonchev–Trinajstić information content (AvgIpc) is 3.48. The summed E-state index contributed by atoms with van der Waals surface area (Å²) in [5.74, 6) is -0.937. The Bertz CT molecular complexity index is 1420. The number of methoxy groups -OCH3 is 1. The average molecular weight is 671 g/mol. The maximum atomic E-state index is 13.8. The fraction of sp³-hybridized carbons (Fsp3) is 0.419. The molecule has 10 heteroatoms. The summed E-state index contributed by atoms with van der Waals surface area (Å²) < 4.78 is 12.4. The Labute approximate surface area is 254 Å². The normalized spacial score (nSPS) is 24.1. The summed E-state index contributed by atoms with van der Waals surface area (Å²) >= 11 is 2.09. The van der Waals surface area contributed by atoms with Crippen LogP contribution in [0.4, 0.5) is 5.69 Å². The summed E-state index contributed by atoms with van der Waals surface area (Å²) in [7, 11) is -0.149. The largest absolute Gasteiger partial charge is 0.504 e. The van der Waals surface area contributed by atoms with E-state index in [1.807, 2.05) is 12.1 Å². The maximum Gasteiger partial charge on any atom is 0.488 e. The van der Waals surface area contributed by atoms with Gasteiger partial charge in [0.1, 0.15) is 0 Å². The first-order valence-electron chi connectivity index (χ1n) is 14.1. The number of benzene rings is 2. The van der Waals surface area contributed by atoms with Crippen molar-refractivity contribution in [2.24, 2.45) is 17.8 Å². The Morgan fingerprint density at radius 2 is 1.98 bits per heavy atom. The van der Waals surface area contributed by atoms with Crippen molar-refractivity contribution in [2.75, 3.05) is 18.6 Å². The van der Waals surface area contributed by atoms with E-state index in [2.05, 4.69) is 42.5 Å². The standard InChI is InChI=1S/C31H35BINO7/c1-4-6-19-14-22-28(31(37)34(30(22)36)21-8-5-7-20(15-21)32(38)39)23-16-41-25(27(19)23)10-9-17(2)11-18-12-24(33)29(35)26(13-18)40-3/h5,7-8,11-13,15,22-23,25,28,35,38-39H,4,6,9-10,14,16H2,1-3H3/b17-11+/t22-,23+,25-,28-/m1/s1. The Hall–Kier alpha value is -2.67. The van der Waals surface area contributed by atoms with Gasteiger partial charge in [-0.05, 0) is 96.1 Å². The molecule has 2 aliphatic heterocycles. The van der Waals surface area contributed by atoms with Gasteiger partial charge in [0.15, 0.2) is 11.5 Å². The third-order valence-electron chi connectivity index (χ3n) is 8.47. The van der Waals surface area contributed by atoms with Gasteiger partial charge in [0.2, 0.25) is 11.8 Å². The number of aromatic hydroxyl groups is 1. The van der Waals surface area contributed by atoms with Crippen molar-refractivity contribution >= 4 is 58.7 Å². The van der Waals surface area contributed by atoms with Crippen molar-refractivity contribution in [2.45, 2.75) is 52.1 Å². The summed E-state index contributed by atoms with van der Waals surface area (Å²) in [6.07, 6.45) is 5.90. The molecule has 0 bridgehead atoms. The summed E-state index contributed by atoms with van der Waals surface area (Å²) in [5, 5.41) is 29.4. The third-order valence-corrected chi connectivity index (χ3v) is 9.29. The van der Waals surface area contributed by atoms with Crippen LogP contribution in [0.2, 0.25) is 0 Å². The van der Waals surface area contributed by atoms with Crippen LogP contribution in [0.5, 0.6) is 11.5 Å². The lowest BCUT2D eigenvalue weighted by molar-refractivity contribution is -0.122. The predicted molar refractivity (Wildman–Crippen MR) is 166 cm³/mol. The van der Waals surface area contributed by atoms with Gasteiger partial charge >= 0.3 is 7.12 Å². The molecule has 216 valence electrons. The van der Waals surface area contributed by atoms with Gasteiger partial charge < -0.3 is 24.6 Å². The zero-order valence-corrected chi connectivity index (χ0v) is 25.6. The molecule has 2 aromatic carbocycles. The van der Waals surface area contributed by atoms with Gasteiger partial charge in [0.25, 0.3) is 0 Å². The number of rotatable bonds is 9. The van der Waals surface area contributed by atoms with E-state index >= 15 is 0 Å². The van der Waals surface area contributed by atoms with Crippen LogP contribution < -0.4 is 15.1 Å². The first-order valence-corrected chi connectivity index (χ1v) is 15.1. The van der Waals surface area contributed by atoms with Crippen LogP contribution in [0.3, 0.4) is 0 Å². The first-order chi connectivity index (χ1) is 19.6. The molecule has 5 rings (SSSR count). The number of carbonyl (C=O) groups is 2. The van der Waals surface area contributed by atoms with Gasteiger partial charge in [0.05, 0.1) is 40.9 Å². The smallest absolute Gasteiger partial charge is 0.488 e. The minimum absolute atomic E-state index is 0.106. The number of phenols is 1. The zero-order chi connectivity index (χ0) is 29.4. The number of halogens is 1. The Balaban J connectivity index is 1.37. The summed E-state index contributed by atoms with van der Waals surface area (Å²) in [4.78, 5) is 28.6. The second-order valence-electron chi connectivity index (χ2n) is 11.1. The van der Waals surface area contributed by atoms with Crippen LogP contribution in [0, 0.1) is 21.3 Å². The molecule has 0 radical (unpaired) electrons. The van der Waals surface area contributed by atoms with E-state index in [4.69, 9.17) is 9.47 Å². The predicted octanol–water partition coefficient (Wildman–Crippen LogP) is 4.19. The minimum Gasteiger partial charge on any atom is -0.504 e. The number of allylic oxidation sites excluding steroid dienone is 2. The van der Waals surface area contributed by atoms with Crippen LogP contribution in [-0.2, 0) is 14.3 Å². The molecule has 2 aromatic rings. The fourth-order valence-corrected chi connectivity index (χ4v) is 7.26. The number of nitrogens with zero attached hydrogens (tertiary/aromatic N) is 1. The number of phenolic OH excluding ortho intramolecular Hbond substituents is 1. The number of imide groups is 1. The Kier molecular flexibility index (Phi) is 8.94. The SMILES string of the molecule is CCCC1=C2[C@@H](CC/C(C)=C/c3cc(I)c(O)c(OC)c3)OC[C@@H]2[C@@H]2C(=O)N(c3cccc(B(O)O)c3)C(=O)[C@@H]2C1. The van der Waals surface area contributed by atoms with Gasteiger partial charge in [-0.2, -0.15) is 0 Å². The molecule has 2 amide bonds. The van der Waals surface area contributed by atoms with E-state index in [1.54, 1.807) is 18.2 Å². The zero-order valence-electron chi connectivity index (χ0n) is 23.5. The highest BCUT2D eigenvalue weighted by molar-refractivity contribution is 14.1. The highest BCUT2D eigenvalue weighted by atomic mass is 127. The highest BCUT2D eigenvalue weighted by Gasteiger charge is 2.57. The lowest BCUT2D eigenvalue weighted by atomic mass is 9.68. The lowest BCUT2D eigenvalue weighted by Gasteiger charge is -2.31. The maximum absolute atomic E-state index is 13.8. The van der Waals surface area contributed by atoms with E-state index in [0.29, 0.717) is 24.5 Å². The Morgan fingerprint density at radius 1 is 1.20 bits per heavy atom. The van der Waals surface area contributed by atoms with Gasteiger partial charge in [-0.1, -0.05) is 42.7 Å².